The second-order valence-electron chi connectivity index (χ2n) is 3.26. The van der Waals surface area contributed by atoms with E-state index in [1.54, 1.807) is 4.90 Å². The molecule has 1 unspecified atom stereocenters. The highest BCUT2D eigenvalue weighted by molar-refractivity contribution is 9.10. The lowest BCUT2D eigenvalue weighted by Gasteiger charge is -2.18. The van der Waals surface area contributed by atoms with E-state index in [4.69, 9.17) is 0 Å². The summed E-state index contributed by atoms with van der Waals surface area (Å²) in [4.78, 5) is 13.1. The minimum absolute atomic E-state index is 0.165. The average Bonchev–Trinajstić information content (AvgIpc) is 2.50. The quantitative estimate of drug-likeness (QED) is 0.781. The Morgan fingerprint density at radius 3 is 2.57 bits per heavy atom. The maximum Gasteiger partial charge on any atom is 0.282 e. The molecule has 1 aromatic rings. The molecule has 1 atom stereocenters. The Labute approximate surface area is 95.8 Å². The molecule has 74 valence electrons. The van der Waals surface area contributed by atoms with Crippen molar-refractivity contribution in [3.8, 4) is 0 Å². The van der Waals surface area contributed by atoms with Crippen LogP contribution in [0.1, 0.15) is 11.6 Å². The zero-order chi connectivity index (χ0) is 10.1. The highest BCUT2D eigenvalue weighted by atomic mass is 79.9. The molecule has 0 aliphatic carbocycles. The maximum absolute atomic E-state index is 11.3. The van der Waals surface area contributed by atoms with E-state index in [1.165, 1.54) is 17.3 Å². The molecule has 1 amide bonds. The molecule has 1 fully saturated rings. The standard InChI is InChI=1S/C10H10BrNOS/c1-12-9(6-14-10(12)13)7-2-4-8(11)5-3-7/h2-5,9H,6H2,1H3. The first kappa shape index (κ1) is 10.1. The molecule has 0 radical (unpaired) electrons. The second kappa shape index (κ2) is 3.95. The normalized spacial score (nSPS) is 21.7. The Morgan fingerprint density at radius 1 is 1.43 bits per heavy atom. The fraction of sp³-hybridized carbons (Fsp3) is 0.300. The van der Waals surface area contributed by atoms with Crippen LogP contribution in [0.25, 0.3) is 0 Å². The van der Waals surface area contributed by atoms with Crippen LogP contribution in [-0.4, -0.2) is 22.9 Å². The predicted octanol–water partition coefficient (Wildman–Crippen LogP) is 3.29. The van der Waals surface area contributed by atoms with Crippen molar-refractivity contribution in [2.24, 2.45) is 0 Å². The van der Waals surface area contributed by atoms with E-state index in [0.29, 0.717) is 0 Å². The van der Waals surface area contributed by atoms with Gasteiger partial charge in [-0.15, -0.1) is 0 Å². The molecule has 1 saturated heterocycles. The van der Waals surface area contributed by atoms with Gasteiger partial charge in [-0.05, 0) is 17.7 Å². The second-order valence-corrected chi connectivity index (χ2v) is 5.14. The van der Waals surface area contributed by atoms with Crippen molar-refractivity contribution in [1.82, 2.24) is 4.90 Å². The molecule has 1 aromatic carbocycles. The van der Waals surface area contributed by atoms with Crippen LogP contribution in [0.4, 0.5) is 4.79 Å². The topological polar surface area (TPSA) is 20.3 Å². The summed E-state index contributed by atoms with van der Waals surface area (Å²) >= 11 is 4.78. The summed E-state index contributed by atoms with van der Waals surface area (Å²) in [5.41, 5.74) is 1.20. The molecule has 14 heavy (non-hydrogen) atoms. The molecule has 1 aliphatic rings. The zero-order valence-electron chi connectivity index (χ0n) is 7.74. The largest absolute Gasteiger partial charge is 0.329 e. The van der Waals surface area contributed by atoms with Crippen LogP contribution < -0.4 is 0 Å². The fourth-order valence-corrected chi connectivity index (χ4v) is 2.81. The number of carbonyl (C=O) groups excluding carboxylic acids is 1. The van der Waals surface area contributed by atoms with Gasteiger partial charge in [-0.3, -0.25) is 4.79 Å². The number of halogens is 1. The number of hydrogen-bond acceptors (Lipinski definition) is 2. The van der Waals surface area contributed by atoms with Crippen molar-refractivity contribution >= 4 is 32.9 Å². The maximum atomic E-state index is 11.3. The summed E-state index contributed by atoms with van der Waals surface area (Å²) in [7, 11) is 1.86. The van der Waals surface area contributed by atoms with E-state index in [1.807, 2.05) is 19.2 Å². The van der Waals surface area contributed by atoms with Gasteiger partial charge in [0.2, 0.25) is 0 Å². The van der Waals surface area contributed by atoms with Gasteiger partial charge in [0.05, 0.1) is 6.04 Å². The van der Waals surface area contributed by atoms with Crippen LogP contribution in [0.5, 0.6) is 0 Å². The highest BCUT2D eigenvalue weighted by Gasteiger charge is 2.29. The van der Waals surface area contributed by atoms with E-state index >= 15 is 0 Å². The first-order chi connectivity index (χ1) is 6.68. The van der Waals surface area contributed by atoms with Crippen LogP contribution in [-0.2, 0) is 0 Å². The number of nitrogens with zero attached hydrogens (tertiary/aromatic N) is 1. The predicted molar refractivity (Wildman–Crippen MR) is 62.5 cm³/mol. The summed E-state index contributed by atoms with van der Waals surface area (Å²) in [6.45, 7) is 0. The van der Waals surface area contributed by atoms with Crippen LogP contribution in [0, 0.1) is 0 Å². The first-order valence-electron chi connectivity index (χ1n) is 4.33. The van der Waals surface area contributed by atoms with E-state index in [-0.39, 0.29) is 11.3 Å². The summed E-state index contributed by atoms with van der Waals surface area (Å²) in [6, 6.07) is 8.38. The number of rotatable bonds is 1. The Hall–Kier alpha value is -0.480. The summed E-state index contributed by atoms with van der Waals surface area (Å²) in [6.07, 6.45) is 0. The van der Waals surface area contributed by atoms with Crippen LogP contribution in [0.3, 0.4) is 0 Å². The van der Waals surface area contributed by atoms with Gasteiger partial charge in [0.15, 0.2) is 0 Å². The Balaban J connectivity index is 2.23. The van der Waals surface area contributed by atoms with E-state index < -0.39 is 0 Å². The molecular formula is C10H10BrNOS. The Bertz CT molecular complexity index is 352. The third-order valence-electron chi connectivity index (χ3n) is 2.37. The van der Waals surface area contributed by atoms with Gasteiger partial charge in [-0.1, -0.05) is 39.8 Å². The van der Waals surface area contributed by atoms with Gasteiger partial charge in [0.25, 0.3) is 5.24 Å². The molecule has 1 heterocycles. The molecular weight excluding hydrogens is 262 g/mol. The van der Waals surface area contributed by atoms with Gasteiger partial charge >= 0.3 is 0 Å². The smallest absolute Gasteiger partial charge is 0.282 e. The average molecular weight is 272 g/mol. The third kappa shape index (κ3) is 1.81. The van der Waals surface area contributed by atoms with E-state index in [9.17, 15) is 4.79 Å². The SMILES string of the molecule is CN1C(=O)SCC1c1ccc(Br)cc1. The van der Waals surface area contributed by atoms with Crippen LogP contribution in [0.15, 0.2) is 28.7 Å². The molecule has 0 N–H and O–H groups in total. The van der Waals surface area contributed by atoms with Crippen LogP contribution in [0.2, 0.25) is 0 Å². The third-order valence-corrected chi connectivity index (χ3v) is 3.92. The molecule has 0 saturated carbocycles. The van der Waals surface area contributed by atoms with Crippen molar-refractivity contribution in [1.29, 1.82) is 0 Å². The lowest BCUT2D eigenvalue weighted by atomic mass is 10.1. The van der Waals surface area contributed by atoms with Gasteiger partial charge in [0, 0.05) is 17.3 Å². The van der Waals surface area contributed by atoms with Crippen molar-refractivity contribution in [2.75, 3.05) is 12.8 Å². The molecule has 0 aromatic heterocycles. The lowest BCUT2D eigenvalue weighted by Crippen LogP contribution is -2.21. The zero-order valence-corrected chi connectivity index (χ0v) is 10.1. The van der Waals surface area contributed by atoms with Gasteiger partial charge < -0.3 is 4.90 Å². The van der Waals surface area contributed by atoms with E-state index in [2.05, 4.69) is 28.1 Å². The molecule has 1 aliphatic heterocycles. The summed E-state index contributed by atoms with van der Waals surface area (Å²) in [5, 5.41) is 0.165. The molecule has 0 bridgehead atoms. The lowest BCUT2D eigenvalue weighted by molar-refractivity contribution is 0.226. The molecule has 2 nitrogen and oxygen atoms in total. The highest BCUT2D eigenvalue weighted by Crippen LogP contribution is 2.33. The molecule has 2 rings (SSSR count). The van der Waals surface area contributed by atoms with Crippen molar-refractivity contribution in [2.45, 2.75) is 6.04 Å². The number of amides is 1. The first-order valence-corrected chi connectivity index (χ1v) is 6.11. The van der Waals surface area contributed by atoms with Crippen molar-refractivity contribution < 1.29 is 4.79 Å². The number of carbonyl (C=O) groups is 1. The fourth-order valence-electron chi connectivity index (χ4n) is 1.50. The molecule has 4 heteroatoms. The minimum atomic E-state index is 0.165. The van der Waals surface area contributed by atoms with Crippen LogP contribution >= 0.6 is 27.7 Å². The number of thioether (sulfide) groups is 1. The Morgan fingerprint density at radius 2 is 2.07 bits per heavy atom. The molecule has 0 spiro atoms. The minimum Gasteiger partial charge on any atom is -0.329 e. The summed E-state index contributed by atoms with van der Waals surface area (Å²) < 4.78 is 1.07. The monoisotopic (exact) mass is 271 g/mol. The number of benzene rings is 1. The van der Waals surface area contributed by atoms with Crippen molar-refractivity contribution in [3.63, 3.8) is 0 Å². The van der Waals surface area contributed by atoms with Gasteiger partial charge in [-0.2, -0.15) is 0 Å². The number of hydrogen-bond donors (Lipinski definition) is 0. The summed E-state index contributed by atoms with van der Waals surface area (Å²) in [5.74, 6) is 0.858. The van der Waals surface area contributed by atoms with Crippen molar-refractivity contribution in [3.05, 3.63) is 34.3 Å². The van der Waals surface area contributed by atoms with Gasteiger partial charge in [0.1, 0.15) is 0 Å². The van der Waals surface area contributed by atoms with E-state index in [0.717, 1.165) is 10.2 Å². The Kier molecular flexibility index (Phi) is 2.83. The van der Waals surface area contributed by atoms with Gasteiger partial charge in [-0.25, -0.2) is 0 Å².